The Morgan fingerprint density at radius 1 is 1.26 bits per heavy atom. The second kappa shape index (κ2) is 11.0. The normalized spacial score (nSPS) is 25.3. The lowest BCUT2D eigenvalue weighted by atomic mass is 9.95. The van der Waals surface area contributed by atoms with Gasteiger partial charge in [-0.05, 0) is 50.2 Å². The number of fused-ring (bicyclic) bond motifs is 1. The van der Waals surface area contributed by atoms with Crippen LogP contribution in [0.3, 0.4) is 0 Å². The Morgan fingerprint density at radius 2 is 1.97 bits per heavy atom. The van der Waals surface area contributed by atoms with Gasteiger partial charge in [-0.3, -0.25) is 9.59 Å². The van der Waals surface area contributed by atoms with Gasteiger partial charge in [-0.2, -0.15) is 0 Å². The van der Waals surface area contributed by atoms with Crippen molar-refractivity contribution < 1.29 is 24.2 Å². The Morgan fingerprint density at radius 3 is 2.65 bits per heavy atom. The maximum absolute atomic E-state index is 13.6. The third-order valence-electron chi connectivity index (χ3n) is 7.77. The summed E-state index contributed by atoms with van der Waals surface area (Å²) in [5, 5.41) is 9.85. The smallest absolute Gasteiger partial charge is 0.259 e. The molecule has 0 spiro atoms. The number of amides is 2. The van der Waals surface area contributed by atoms with Crippen molar-refractivity contribution in [2.24, 2.45) is 11.8 Å². The zero-order valence-electron chi connectivity index (χ0n) is 20.7. The highest BCUT2D eigenvalue weighted by atomic mass is 16.5. The quantitative estimate of drug-likeness (QED) is 0.683. The second-order valence-corrected chi connectivity index (χ2v) is 10.3. The number of aliphatic hydroxyl groups is 1. The predicted octanol–water partition coefficient (Wildman–Crippen LogP) is 2.84. The number of likely N-dealkylation sites (N-methyl/N-ethyl adjacent to an activating group) is 1. The maximum atomic E-state index is 13.6. The summed E-state index contributed by atoms with van der Waals surface area (Å²) in [5.41, 5.74) is 1.54. The number of aliphatic hydroxyl groups excluding tert-OH is 1. The molecule has 8 nitrogen and oxygen atoms in total. The van der Waals surface area contributed by atoms with Gasteiger partial charge in [0.25, 0.3) is 5.91 Å². The van der Waals surface area contributed by atoms with Gasteiger partial charge in [0.2, 0.25) is 11.8 Å². The predicted molar refractivity (Wildman–Crippen MR) is 128 cm³/mol. The molecular formula is C26H39N3O5. The Balaban J connectivity index is 1.60. The van der Waals surface area contributed by atoms with Crippen LogP contribution < -0.4 is 4.74 Å². The van der Waals surface area contributed by atoms with Crippen LogP contribution >= 0.6 is 0 Å². The zero-order chi connectivity index (χ0) is 24.2. The van der Waals surface area contributed by atoms with E-state index in [2.05, 4.69) is 4.98 Å². The molecule has 0 aromatic carbocycles. The summed E-state index contributed by atoms with van der Waals surface area (Å²) in [6.45, 7) is 5.87. The molecule has 1 aliphatic carbocycles. The number of hydrogen-bond donors (Lipinski definition) is 1. The standard InChI is InChI=1S/C26H39N3O5/c1-17-14-29(18(2)16-30)26(32)22-12-21(19-6-4-5-7-19)13-27-24(22)34-23(17)15-28(3)25(31)20-8-10-33-11-9-20/h12-13,17-20,23,30H,4-11,14-16H2,1-3H3/t17-,18+,23-/m0/s1. The van der Waals surface area contributed by atoms with Crippen LogP contribution in [-0.4, -0.2) is 83.8 Å². The number of nitrogens with zero attached hydrogens (tertiary/aromatic N) is 3. The van der Waals surface area contributed by atoms with Crippen LogP contribution in [0.5, 0.6) is 5.88 Å². The second-order valence-electron chi connectivity index (χ2n) is 10.3. The van der Waals surface area contributed by atoms with Gasteiger partial charge >= 0.3 is 0 Å². The lowest BCUT2D eigenvalue weighted by molar-refractivity contribution is -0.138. The van der Waals surface area contributed by atoms with Gasteiger partial charge in [0.1, 0.15) is 11.7 Å². The van der Waals surface area contributed by atoms with Crippen molar-refractivity contribution in [3.8, 4) is 5.88 Å². The molecule has 2 aliphatic heterocycles. The maximum Gasteiger partial charge on any atom is 0.259 e. The average molecular weight is 474 g/mol. The van der Waals surface area contributed by atoms with E-state index in [0.29, 0.717) is 43.7 Å². The van der Waals surface area contributed by atoms with Crippen molar-refractivity contribution in [3.05, 3.63) is 23.4 Å². The van der Waals surface area contributed by atoms with Gasteiger partial charge in [-0.15, -0.1) is 0 Å². The molecule has 0 unspecified atom stereocenters. The molecule has 0 bridgehead atoms. The third kappa shape index (κ3) is 5.38. The number of aromatic nitrogens is 1. The first-order valence-corrected chi connectivity index (χ1v) is 12.8. The monoisotopic (exact) mass is 473 g/mol. The van der Waals surface area contributed by atoms with E-state index in [9.17, 15) is 14.7 Å². The van der Waals surface area contributed by atoms with E-state index < -0.39 is 0 Å². The fourth-order valence-electron chi connectivity index (χ4n) is 5.43. The minimum Gasteiger partial charge on any atom is -0.472 e. The van der Waals surface area contributed by atoms with Gasteiger partial charge < -0.3 is 24.4 Å². The molecule has 3 aliphatic rings. The minimum absolute atomic E-state index is 0.0190. The molecule has 1 saturated carbocycles. The SMILES string of the molecule is C[C@H](CO)N1C[C@H](C)[C@H](CN(C)C(=O)C2CCOCC2)Oc2ncc(C3CCCC3)cc2C1=O. The highest BCUT2D eigenvalue weighted by molar-refractivity contribution is 5.97. The Hall–Kier alpha value is -2.19. The van der Waals surface area contributed by atoms with E-state index >= 15 is 0 Å². The van der Waals surface area contributed by atoms with Gasteiger partial charge in [0.15, 0.2) is 0 Å². The molecular weight excluding hydrogens is 434 g/mol. The average Bonchev–Trinajstić information content (AvgIpc) is 3.40. The molecule has 34 heavy (non-hydrogen) atoms. The summed E-state index contributed by atoms with van der Waals surface area (Å²) in [6.07, 6.45) is 7.65. The van der Waals surface area contributed by atoms with E-state index in [1.165, 1.54) is 12.8 Å². The van der Waals surface area contributed by atoms with Crippen LogP contribution in [0.25, 0.3) is 0 Å². The molecule has 1 aromatic rings. The van der Waals surface area contributed by atoms with Gasteiger partial charge in [-0.1, -0.05) is 19.8 Å². The van der Waals surface area contributed by atoms with E-state index in [-0.39, 0.29) is 42.4 Å². The molecule has 1 saturated heterocycles. The fourth-order valence-corrected chi connectivity index (χ4v) is 5.43. The largest absolute Gasteiger partial charge is 0.472 e. The summed E-state index contributed by atoms with van der Waals surface area (Å²) < 4.78 is 11.8. The van der Waals surface area contributed by atoms with Crippen LogP contribution in [-0.2, 0) is 9.53 Å². The zero-order valence-corrected chi connectivity index (χ0v) is 20.7. The lowest BCUT2D eigenvalue weighted by Gasteiger charge is -2.38. The molecule has 2 fully saturated rings. The van der Waals surface area contributed by atoms with Crippen LogP contribution in [0.4, 0.5) is 0 Å². The van der Waals surface area contributed by atoms with Crippen molar-refractivity contribution in [2.75, 3.05) is 40.0 Å². The topological polar surface area (TPSA) is 92.2 Å². The number of rotatable bonds is 6. The number of hydrogen-bond acceptors (Lipinski definition) is 6. The molecule has 2 amide bonds. The Bertz CT molecular complexity index is 866. The summed E-state index contributed by atoms with van der Waals surface area (Å²) in [4.78, 5) is 34.7. The van der Waals surface area contributed by atoms with Crippen molar-refractivity contribution >= 4 is 11.8 Å². The van der Waals surface area contributed by atoms with E-state index in [4.69, 9.17) is 9.47 Å². The van der Waals surface area contributed by atoms with Crippen molar-refractivity contribution in [2.45, 2.75) is 70.4 Å². The van der Waals surface area contributed by atoms with Crippen LogP contribution in [0, 0.1) is 11.8 Å². The first-order chi connectivity index (χ1) is 16.4. The fraction of sp³-hybridized carbons (Fsp3) is 0.731. The van der Waals surface area contributed by atoms with Crippen molar-refractivity contribution in [1.29, 1.82) is 0 Å². The van der Waals surface area contributed by atoms with Crippen molar-refractivity contribution in [3.63, 3.8) is 0 Å². The highest BCUT2D eigenvalue weighted by Crippen LogP contribution is 2.36. The van der Waals surface area contributed by atoms with E-state index in [1.807, 2.05) is 33.2 Å². The molecule has 8 heteroatoms. The Labute approximate surface area is 202 Å². The van der Waals surface area contributed by atoms with Gasteiger partial charge in [-0.25, -0.2) is 4.98 Å². The first kappa shape index (κ1) is 24.9. The van der Waals surface area contributed by atoms with Crippen molar-refractivity contribution in [1.82, 2.24) is 14.8 Å². The number of carbonyl (C=O) groups is 2. The Kier molecular flexibility index (Phi) is 8.09. The van der Waals surface area contributed by atoms with Gasteiger partial charge in [0.05, 0.1) is 19.2 Å². The number of carbonyl (C=O) groups excluding carboxylic acids is 2. The van der Waals surface area contributed by atoms with Crippen LogP contribution in [0.1, 0.15) is 74.2 Å². The molecule has 3 heterocycles. The molecule has 1 N–H and O–H groups in total. The van der Waals surface area contributed by atoms with Crippen LogP contribution in [0.2, 0.25) is 0 Å². The molecule has 3 atom stereocenters. The molecule has 4 rings (SSSR count). The van der Waals surface area contributed by atoms with Crippen LogP contribution in [0.15, 0.2) is 12.3 Å². The lowest BCUT2D eigenvalue weighted by Crippen LogP contribution is -2.51. The molecule has 0 radical (unpaired) electrons. The highest BCUT2D eigenvalue weighted by Gasteiger charge is 2.36. The minimum atomic E-state index is -0.321. The summed E-state index contributed by atoms with van der Waals surface area (Å²) in [6, 6.07) is 1.63. The molecule has 1 aromatic heterocycles. The van der Waals surface area contributed by atoms with Gasteiger partial charge in [0, 0.05) is 44.8 Å². The van der Waals surface area contributed by atoms with E-state index in [0.717, 1.165) is 31.2 Å². The van der Waals surface area contributed by atoms with E-state index in [1.54, 1.807) is 9.80 Å². The molecule has 188 valence electrons. The first-order valence-electron chi connectivity index (χ1n) is 12.8. The third-order valence-corrected chi connectivity index (χ3v) is 7.77. The summed E-state index contributed by atoms with van der Waals surface area (Å²) in [5.74, 6) is 0.647. The number of pyridine rings is 1. The summed E-state index contributed by atoms with van der Waals surface area (Å²) >= 11 is 0. The number of ether oxygens (including phenoxy) is 2. The summed E-state index contributed by atoms with van der Waals surface area (Å²) in [7, 11) is 1.82.